The minimum absolute atomic E-state index is 0. The van der Waals surface area contributed by atoms with Crippen LogP contribution in [0, 0.1) is 0 Å². The monoisotopic (exact) mass is 455 g/mol. The molecule has 25 heavy (non-hydrogen) atoms. The highest BCUT2D eigenvalue weighted by Crippen LogP contribution is 2.07. The Morgan fingerprint density at radius 3 is 2.52 bits per heavy atom. The van der Waals surface area contributed by atoms with Crippen molar-refractivity contribution in [2.45, 2.75) is 39.8 Å². The number of aromatic nitrogens is 2. The van der Waals surface area contributed by atoms with Gasteiger partial charge in [0.05, 0.1) is 0 Å². The van der Waals surface area contributed by atoms with Gasteiger partial charge in [0, 0.05) is 45.6 Å². The van der Waals surface area contributed by atoms with Crippen molar-refractivity contribution >= 4 is 29.9 Å². The predicted octanol–water partition coefficient (Wildman–Crippen LogP) is 3.55. The van der Waals surface area contributed by atoms with Gasteiger partial charge in [-0.3, -0.25) is 9.67 Å². The summed E-state index contributed by atoms with van der Waals surface area (Å²) in [6.45, 7) is 7.70. The molecule has 1 aromatic carbocycles. The lowest BCUT2D eigenvalue weighted by atomic mass is 10.1. The molecule has 0 saturated carbocycles. The molecule has 2 rings (SSSR count). The van der Waals surface area contributed by atoms with Crippen LogP contribution < -0.4 is 5.32 Å². The number of nitrogens with one attached hydrogen (secondary N) is 1. The van der Waals surface area contributed by atoms with Crippen molar-refractivity contribution in [1.82, 2.24) is 20.0 Å². The molecule has 0 saturated heterocycles. The Morgan fingerprint density at radius 1 is 1.20 bits per heavy atom. The lowest BCUT2D eigenvalue weighted by Crippen LogP contribution is -2.38. The van der Waals surface area contributed by atoms with Crippen molar-refractivity contribution in [1.29, 1.82) is 0 Å². The Bertz CT molecular complexity index is 607. The summed E-state index contributed by atoms with van der Waals surface area (Å²) in [5.74, 6) is 0.956. The zero-order chi connectivity index (χ0) is 17.2. The summed E-state index contributed by atoms with van der Waals surface area (Å²) in [7, 11) is 2.09. The van der Waals surface area contributed by atoms with E-state index in [1.165, 1.54) is 11.1 Å². The molecule has 0 amide bonds. The van der Waals surface area contributed by atoms with E-state index in [-0.39, 0.29) is 24.0 Å². The molecule has 2 aromatic rings. The van der Waals surface area contributed by atoms with Gasteiger partial charge in [0.15, 0.2) is 5.96 Å². The van der Waals surface area contributed by atoms with Crippen LogP contribution in [-0.4, -0.2) is 40.8 Å². The fourth-order valence-electron chi connectivity index (χ4n) is 2.55. The molecule has 0 bridgehead atoms. The maximum Gasteiger partial charge on any atom is 0.193 e. The summed E-state index contributed by atoms with van der Waals surface area (Å²) < 4.78 is 1.95. The summed E-state index contributed by atoms with van der Waals surface area (Å²) in [5.41, 5.74) is 2.68. The van der Waals surface area contributed by atoms with Crippen molar-refractivity contribution in [2.24, 2.45) is 4.99 Å². The Kier molecular flexibility index (Phi) is 10.2. The maximum absolute atomic E-state index is 4.73. The summed E-state index contributed by atoms with van der Waals surface area (Å²) in [4.78, 5) is 6.91. The highest BCUT2D eigenvalue weighted by atomic mass is 127. The molecule has 138 valence electrons. The van der Waals surface area contributed by atoms with Gasteiger partial charge in [-0.2, -0.15) is 5.10 Å². The van der Waals surface area contributed by atoms with Gasteiger partial charge in [-0.25, -0.2) is 0 Å². The molecule has 0 unspecified atom stereocenters. The van der Waals surface area contributed by atoms with Crippen LogP contribution in [0.2, 0.25) is 0 Å². The molecule has 0 aliphatic carbocycles. The van der Waals surface area contributed by atoms with Gasteiger partial charge in [0.25, 0.3) is 0 Å². The number of hydrogen-bond acceptors (Lipinski definition) is 2. The second kappa shape index (κ2) is 11.9. The van der Waals surface area contributed by atoms with Crippen molar-refractivity contribution in [3.05, 3.63) is 53.9 Å². The molecule has 0 aliphatic heterocycles. The van der Waals surface area contributed by atoms with Crippen molar-refractivity contribution in [3.8, 4) is 0 Å². The molecule has 1 aromatic heterocycles. The topological polar surface area (TPSA) is 45.5 Å². The second-order valence-electron chi connectivity index (χ2n) is 5.88. The summed E-state index contributed by atoms with van der Waals surface area (Å²) in [5, 5.41) is 7.59. The predicted molar refractivity (Wildman–Crippen MR) is 116 cm³/mol. The molecule has 1 heterocycles. The summed E-state index contributed by atoms with van der Waals surface area (Å²) >= 11 is 0. The fourth-order valence-corrected chi connectivity index (χ4v) is 2.55. The molecule has 0 aliphatic rings. The third-order valence-corrected chi connectivity index (χ3v) is 3.91. The summed E-state index contributed by atoms with van der Waals surface area (Å²) in [6.07, 6.45) is 5.86. The van der Waals surface area contributed by atoms with E-state index in [1.54, 1.807) is 0 Å². The quantitative estimate of drug-likeness (QED) is 0.287. The van der Waals surface area contributed by atoms with Crippen LogP contribution in [0.25, 0.3) is 0 Å². The number of aryl methyl sites for hydroxylation is 2. The number of halogens is 1. The van der Waals surface area contributed by atoms with E-state index in [2.05, 4.69) is 60.5 Å². The first-order valence-corrected chi connectivity index (χ1v) is 8.77. The molecule has 1 N–H and O–H groups in total. The number of benzene rings is 1. The second-order valence-corrected chi connectivity index (χ2v) is 5.88. The highest BCUT2D eigenvalue weighted by molar-refractivity contribution is 14.0. The minimum Gasteiger partial charge on any atom is -0.357 e. The van der Waals surface area contributed by atoms with E-state index >= 15 is 0 Å². The van der Waals surface area contributed by atoms with Crippen LogP contribution >= 0.6 is 24.0 Å². The van der Waals surface area contributed by atoms with Crippen LogP contribution in [0.4, 0.5) is 0 Å². The fraction of sp³-hybridized carbons (Fsp3) is 0.474. The number of aliphatic imine (C=N–C) groups is 1. The van der Waals surface area contributed by atoms with Crippen LogP contribution in [0.15, 0.2) is 47.7 Å². The normalized spacial score (nSPS) is 11.1. The smallest absolute Gasteiger partial charge is 0.193 e. The van der Waals surface area contributed by atoms with Crippen LogP contribution in [0.3, 0.4) is 0 Å². The third kappa shape index (κ3) is 7.46. The van der Waals surface area contributed by atoms with Crippen molar-refractivity contribution in [3.63, 3.8) is 0 Å². The van der Waals surface area contributed by atoms with Gasteiger partial charge in [0.2, 0.25) is 0 Å². The van der Waals surface area contributed by atoms with E-state index in [0.717, 1.165) is 45.0 Å². The Hall–Kier alpha value is -1.57. The zero-order valence-corrected chi connectivity index (χ0v) is 17.8. The first kappa shape index (κ1) is 21.5. The molecule has 5 nitrogen and oxygen atoms in total. The number of nitrogens with zero attached hydrogens (tertiary/aromatic N) is 4. The molecular formula is C19H30IN5. The number of rotatable bonds is 8. The van der Waals surface area contributed by atoms with Crippen LogP contribution in [0.5, 0.6) is 0 Å². The third-order valence-electron chi connectivity index (χ3n) is 3.91. The largest absolute Gasteiger partial charge is 0.357 e. The van der Waals surface area contributed by atoms with Gasteiger partial charge in [0.1, 0.15) is 0 Å². The minimum atomic E-state index is 0. The average Bonchev–Trinajstić information content (AvgIpc) is 3.11. The van der Waals surface area contributed by atoms with E-state index in [0.29, 0.717) is 0 Å². The van der Waals surface area contributed by atoms with Gasteiger partial charge in [-0.05, 0) is 37.0 Å². The van der Waals surface area contributed by atoms with Gasteiger partial charge >= 0.3 is 0 Å². The maximum atomic E-state index is 4.73. The molecular weight excluding hydrogens is 425 g/mol. The highest BCUT2D eigenvalue weighted by Gasteiger charge is 2.06. The van der Waals surface area contributed by atoms with Crippen LogP contribution in [0.1, 0.15) is 31.4 Å². The molecule has 0 spiro atoms. The van der Waals surface area contributed by atoms with E-state index in [9.17, 15) is 0 Å². The zero-order valence-electron chi connectivity index (χ0n) is 15.5. The molecule has 0 fully saturated rings. The standard InChI is InChI=1S/C19H29N5.HI/c1-4-17-8-10-18(11-9-17)16-23(3)19(20-5-2)21-12-6-14-24-15-7-13-22-24;/h7-11,13,15H,4-6,12,14,16H2,1-3H3,(H,20,21);1H. The van der Waals surface area contributed by atoms with E-state index in [4.69, 9.17) is 4.99 Å². The average molecular weight is 455 g/mol. The number of hydrogen-bond donors (Lipinski definition) is 1. The van der Waals surface area contributed by atoms with Gasteiger partial charge in [-0.15, -0.1) is 24.0 Å². The summed E-state index contributed by atoms with van der Waals surface area (Å²) in [6, 6.07) is 10.8. The van der Waals surface area contributed by atoms with Gasteiger partial charge < -0.3 is 10.2 Å². The Morgan fingerprint density at radius 2 is 1.92 bits per heavy atom. The lowest BCUT2D eigenvalue weighted by Gasteiger charge is -2.22. The first-order valence-electron chi connectivity index (χ1n) is 8.77. The van der Waals surface area contributed by atoms with E-state index in [1.807, 2.05) is 23.1 Å². The van der Waals surface area contributed by atoms with E-state index < -0.39 is 0 Å². The first-order chi connectivity index (χ1) is 11.7. The number of guanidine groups is 1. The molecule has 6 heteroatoms. The van der Waals surface area contributed by atoms with Crippen molar-refractivity contribution < 1.29 is 0 Å². The molecule has 0 atom stereocenters. The Labute approximate surface area is 168 Å². The SMILES string of the molecule is CCNC(=NCCCn1cccn1)N(C)Cc1ccc(CC)cc1.I. The van der Waals surface area contributed by atoms with Gasteiger partial charge in [-0.1, -0.05) is 31.2 Å². The molecule has 0 radical (unpaired) electrons. The lowest BCUT2D eigenvalue weighted by molar-refractivity contribution is 0.475. The Balaban J connectivity index is 0.00000312. The van der Waals surface area contributed by atoms with Crippen LogP contribution in [-0.2, 0) is 19.5 Å². The van der Waals surface area contributed by atoms with Crippen molar-refractivity contribution in [2.75, 3.05) is 20.1 Å².